The molecule has 2 heterocycles. The van der Waals surface area contributed by atoms with Gasteiger partial charge in [0, 0.05) is 21.8 Å². The van der Waals surface area contributed by atoms with Gasteiger partial charge in [0.15, 0.2) is 5.04 Å². The molecule has 0 saturated carbocycles. The average molecular weight is 386 g/mol. The molecule has 1 atom stereocenters. The highest BCUT2D eigenvalue weighted by Crippen LogP contribution is 2.25. The molecule has 126 valence electrons. The van der Waals surface area contributed by atoms with Crippen LogP contribution in [0.25, 0.3) is 0 Å². The van der Waals surface area contributed by atoms with Crippen LogP contribution in [-0.2, 0) is 16.6 Å². The highest BCUT2D eigenvalue weighted by Gasteiger charge is 2.30. The van der Waals surface area contributed by atoms with Crippen molar-refractivity contribution < 1.29 is 13.5 Å². The third-order valence-electron chi connectivity index (χ3n) is 3.51. The molecule has 0 spiro atoms. The van der Waals surface area contributed by atoms with Crippen molar-refractivity contribution in [2.75, 3.05) is 6.61 Å². The Morgan fingerprint density at radius 2 is 1.96 bits per heavy atom. The highest BCUT2D eigenvalue weighted by atomic mass is 35.5. The fourth-order valence-electron chi connectivity index (χ4n) is 2.45. The second kappa shape index (κ2) is 6.78. The summed E-state index contributed by atoms with van der Waals surface area (Å²) in [7, 11) is -3.94. The molecule has 9 heteroatoms. The molecule has 1 aliphatic rings. The van der Waals surface area contributed by atoms with Crippen LogP contribution in [0.15, 0.2) is 41.5 Å². The van der Waals surface area contributed by atoms with Crippen LogP contribution in [0.4, 0.5) is 0 Å². The SMILES string of the molecule is O=S(=O)(NC(CO)c1cc(Cl)cc(Cl)c1)C1=NCc2ncccc21. The molecule has 2 aromatic rings. The predicted molar refractivity (Wildman–Crippen MR) is 92.8 cm³/mol. The van der Waals surface area contributed by atoms with Gasteiger partial charge in [0.2, 0.25) is 0 Å². The Balaban J connectivity index is 1.91. The maximum absolute atomic E-state index is 12.7. The van der Waals surface area contributed by atoms with Gasteiger partial charge in [-0.15, -0.1) is 0 Å². The van der Waals surface area contributed by atoms with E-state index in [0.29, 0.717) is 26.9 Å². The summed E-state index contributed by atoms with van der Waals surface area (Å²) in [5, 5.41) is 10.2. The van der Waals surface area contributed by atoms with Gasteiger partial charge in [-0.1, -0.05) is 23.2 Å². The Morgan fingerprint density at radius 3 is 2.62 bits per heavy atom. The summed E-state index contributed by atoms with van der Waals surface area (Å²) in [6, 6.07) is 7.02. The van der Waals surface area contributed by atoms with Crippen LogP contribution in [0.3, 0.4) is 0 Å². The van der Waals surface area contributed by atoms with E-state index in [-0.39, 0.29) is 11.6 Å². The number of aliphatic hydroxyl groups is 1. The lowest BCUT2D eigenvalue weighted by Crippen LogP contribution is -2.35. The molecule has 0 aliphatic carbocycles. The zero-order chi connectivity index (χ0) is 17.3. The molecule has 0 bridgehead atoms. The summed E-state index contributed by atoms with van der Waals surface area (Å²) in [4.78, 5) is 8.17. The fourth-order valence-corrected chi connectivity index (χ4v) is 4.40. The molecule has 1 aromatic heterocycles. The number of sulfonamides is 1. The lowest BCUT2D eigenvalue weighted by molar-refractivity contribution is 0.259. The average Bonchev–Trinajstić information content (AvgIpc) is 2.96. The number of nitrogens with zero attached hydrogens (tertiary/aromatic N) is 2. The van der Waals surface area contributed by atoms with Gasteiger partial charge in [0.25, 0.3) is 10.0 Å². The maximum Gasteiger partial charge on any atom is 0.258 e. The van der Waals surface area contributed by atoms with Crippen LogP contribution < -0.4 is 4.72 Å². The minimum Gasteiger partial charge on any atom is -0.394 e. The van der Waals surface area contributed by atoms with Crippen molar-refractivity contribution in [2.24, 2.45) is 4.99 Å². The van der Waals surface area contributed by atoms with Gasteiger partial charge in [-0.2, -0.15) is 4.72 Å². The van der Waals surface area contributed by atoms with Gasteiger partial charge in [0.05, 0.1) is 24.9 Å². The predicted octanol–water partition coefficient (Wildman–Crippen LogP) is 2.30. The second-order valence-electron chi connectivity index (χ2n) is 5.18. The molecule has 1 unspecified atom stereocenters. The highest BCUT2D eigenvalue weighted by molar-refractivity contribution is 8.05. The maximum atomic E-state index is 12.7. The standard InChI is InChI=1S/C15H13Cl2N3O3S/c16-10-4-9(5-11(17)6-10)14(8-21)20-24(22,23)15-12-2-1-3-18-13(12)7-19-15/h1-6,14,20-21H,7-8H2. The lowest BCUT2D eigenvalue weighted by atomic mass is 10.1. The summed E-state index contributed by atoms with van der Waals surface area (Å²) < 4.78 is 27.8. The number of fused-ring (bicyclic) bond motifs is 1. The second-order valence-corrected chi connectivity index (χ2v) is 7.68. The van der Waals surface area contributed by atoms with E-state index in [1.165, 1.54) is 6.07 Å². The van der Waals surface area contributed by atoms with E-state index in [9.17, 15) is 13.5 Å². The first-order valence-electron chi connectivity index (χ1n) is 6.98. The van der Waals surface area contributed by atoms with E-state index >= 15 is 0 Å². The van der Waals surface area contributed by atoms with Crippen molar-refractivity contribution in [2.45, 2.75) is 12.6 Å². The van der Waals surface area contributed by atoms with Gasteiger partial charge in [0.1, 0.15) is 0 Å². The normalized spacial score (nSPS) is 15.0. The van der Waals surface area contributed by atoms with Gasteiger partial charge in [-0.3, -0.25) is 9.98 Å². The van der Waals surface area contributed by atoms with Gasteiger partial charge in [-0.05, 0) is 35.9 Å². The van der Waals surface area contributed by atoms with E-state index in [1.807, 2.05) is 0 Å². The Hall–Kier alpha value is -1.51. The largest absolute Gasteiger partial charge is 0.394 e. The van der Waals surface area contributed by atoms with Crippen LogP contribution in [0, 0.1) is 0 Å². The van der Waals surface area contributed by atoms with E-state index in [2.05, 4.69) is 14.7 Å². The molecule has 1 aromatic carbocycles. The number of rotatable bonds is 4. The Kier molecular flexibility index (Phi) is 4.89. The van der Waals surface area contributed by atoms with E-state index in [4.69, 9.17) is 23.2 Å². The Bertz CT molecular complexity index is 896. The molecule has 2 N–H and O–H groups in total. The van der Waals surface area contributed by atoms with Crippen molar-refractivity contribution in [1.29, 1.82) is 0 Å². The number of pyridine rings is 1. The van der Waals surface area contributed by atoms with Crippen LogP contribution in [-0.4, -0.2) is 30.2 Å². The number of hydrogen-bond acceptors (Lipinski definition) is 5. The van der Waals surface area contributed by atoms with Crippen LogP contribution in [0.2, 0.25) is 10.0 Å². The van der Waals surface area contributed by atoms with Crippen molar-refractivity contribution in [3.8, 4) is 0 Å². The molecular weight excluding hydrogens is 373 g/mol. The van der Waals surface area contributed by atoms with E-state index in [1.54, 1.807) is 30.5 Å². The summed E-state index contributed by atoms with van der Waals surface area (Å²) in [6.07, 6.45) is 1.59. The molecule has 0 radical (unpaired) electrons. The summed E-state index contributed by atoms with van der Waals surface area (Å²) in [6.45, 7) is -0.248. The zero-order valence-corrected chi connectivity index (χ0v) is 14.6. The molecular formula is C15H13Cl2N3O3S. The number of halogens is 2. The smallest absolute Gasteiger partial charge is 0.258 e. The molecule has 0 amide bonds. The van der Waals surface area contributed by atoms with Gasteiger partial charge in [-0.25, -0.2) is 8.42 Å². The van der Waals surface area contributed by atoms with Crippen molar-refractivity contribution in [3.63, 3.8) is 0 Å². The molecule has 0 saturated heterocycles. The number of aliphatic imine (C=N–C) groups is 1. The van der Waals surface area contributed by atoms with Crippen LogP contribution in [0.5, 0.6) is 0 Å². The summed E-state index contributed by atoms with van der Waals surface area (Å²) in [5.74, 6) is 0. The number of benzene rings is 1. The Labute approximate surface area is 149 Å². The summed E-state index contributed by atoms with van der Waals surface area (Å²) in [5.41, 5.74) is 1.53. The first-order chi connectivity index (χ1) is 11.4. The van der Waals surface area contributed by atoms with Crippen molar-refractivity contribution in [1.82, 2.24) is 9.71 Å². The van der Waals surface area contributed by atoms with E-state index < -0.39 is 22.7 Å². The Morgan fingerprint density at radius 1 is 1.25 bits per heavy atom. The zero-order valence-electron chi connectivity index (χ0n) is 12.3. The number of nitrogens with one attached hydrogen (secondary N) is 1. The third kappa shape index (κ3) is 3.45. The van der Waals surface area contributed by atoms with Crippen LogP contribution >= 0.6 is 23.2 Å². The van der Waals surface area contributed by atoms with E-state index in [0.717, 1.165) is 0 Å². The molecule has 6 nitrogen and oxygen atoms in total. The molecule has 0 fully saturated rings. The lowest BCUT2D eigenvalue weighted by Gasteiger charge is -2.17. The fraction of sp³-hybridized carbons (Fsp3) is 0.200. The minimum atomic E-state index is -3.94. The van der Waals surface area contributed by atoms with Crippen molar-refractivity contribution >= 4 is 38.3 Å². The first kappa shape index (κ1) is 17.3. The monoisotopic (exact) mass is 385 g/mol. The quantitative estimate of drug-likeness (QED) is 0.844. The first-order valence-corrected chi connectivity index (χ1v) is 9.22. The number of hydrogen-bond donors (Lipinski definition) is 2. The molecule has 1 aliphatic heterocycles. The molecule has 3 rings (SSSR count). The van der Waals surface area contributed by atoms with Crippen molar-refractivity contribution in [3.05, 3.63) is 63.4 Å². The molecule has 24 heavy (non-hydrogen) atoms. The minimum absolute atomic E-state index is 0.0859. The van der Waals surface area contributed by atoms with Gasteiger partial charge < -0.3 is 5.11 Å². The van der Waals surface area contributed by atoms with Crippen LogP contribution in [0.1, 0.15) is 22.9 Å². The summed E-state index contributed by atoms with van der Waals surface area (Å²) >= 11 is 11.9. The third-order valence-corrected chi connectivity index (χ3v) is 5.40. The topological polar surface area (TPSA) is 91.7 Å². The van der Waals surface area contributed by atoms with Gasteiger partial charge >= 0.3 is 0 Å². The number of aliphatic hydroxyl groups excluding tert-OH is 1. The number of aromatic nitrogens is 1.